The molecule has 0 bridgehead atoms. The van der Waals surface area contributed by atoms with Crippen LogP contribution in [0.1, 0.15) is 46.5 Å². The highest BCUT2D eigenvalue weighted by Gasteiger charge is 2.30. The summed E-state index contributed by atoms with van der Waals surface area (Å²) in [6.45, 7) is 7.42. The van der Waals surface area contributed by atoms with Gasteiger partial charge in [-0.2, -0.15) is 0 Å². The fourth-order valence-electron chi connectivity index (χ4n) is 2.57. The molecule has 0 saturated carbocycles. The second-order valence-electron chi connectivity index (χ2n) is 5.54. The molecule has 0 aromatic heterocycles. The number of carboxylic acid groups (broad SMARTS) is 1. The van der Waals surface area contributed by atoms with Gasteiger partial charge in [-0.1, -0.05) is 33.6 Å². The molecule has 2 unspecified atom stereocenters. The van der Waals surface area contributed by atoms with Gasteiger partial charge >= 0.3 is 12.0 Å². The summed E-state index contributed by atoms with van der Waals surface area (Å²) in [6, 6.07) is -1.02. The van der Waals surface area contributed by atoms with Gasteiger partial charge < -0.3 is 15.3 Å². The second kappa shape index (κ2) is 7.36. The van der Waals surface area contributed by atoms with Crippen LogP contribution >= 0.6 is 0 Å². The number of urea groups is 1. The Bertz CT molecular complexity index is 320. The van der Waals surface area contributed by atoms with E-state index in [0.717, 1.165) is 38.8 Å². The molecule has 0 aromatic carbocycles. The minimum absolute atomic E-state index is 0.0597. The van der Waals surface area contributed by atoms with Crippen LogP contribution in [-0.4, -0.2) is 41.1 Å². The maximum atomic E-state index is 12.1. The molecular weight excluding hydrogens is 244 g/mol. The summed E-state index contributed by atoms with van der Waals surface area (Å²) in [5, 5.41) is 11.8. The fraction of sp³-hybridized carbons (Fsp3) is 0.857. The minimum Gasteiger partial charge on any atom is -0.480 e. The number of carbonyl (C=O) groups excluding carboxylic acids is 1. The molecule has 1 fully saturated rings. The summed E-state index contributed by atoms with van der Waals surface area (Å²) in [5.41, 5.74) is 0. The van der Waals surface area contributed by atoms with Crippen LogP contribution in [0.4, 0.5) is 4.79 Å². The van der Waals surface area contributed by atoms with Crippen molar-refractivity contribution in [3.63, 3.8) is 0 Å². The van der Waals surface area contributed by atoms with Crippen molar-refractivity contribution in [1.82, 2.24) is 10.2 Å². The van der Waals surface area contributed by atoms with E-state index in [1.165, 1.54) is 0 Å². The highest BCUT2D eigenvalue weighted by Crippen LogP contribution is 2.21. The third-order valence-electron chi connectivity index (χ3n) is 4.03. The van der Waals surface area contributed by atoms with Gasteiger partial charge in [0.1, 0.15) is 6.04 Å². The second-order valence-corrected chi connectivity index (χ2v) is 5.54. The Morgan fingerprint density at radius 2 is 2.11 bits per heavy atom. The highest BCUT2D eigenvalue weighted by molar-refractivity contribution is 5.82. The molecule has 1 rings (SSSR count). The Labute approximate surface area is 115 Å². The quantitative estimate of drug-likeness (QED) is 0.778. The molecule has 19 heavy (non-hydrogen) atoms. The van der Waals surface area contributed by atoms with E-state index in [0.29, 0.717) is 5.92 Å². The zero-order valence-corrected chi connectivity index (χ0v) is 12.2. The highest BCUT2D eigenvalue weighted by atomic mass is 16.4. The van der Waals surface area contributed by atoms with Gasteiger partial charge in [0.15, 0.2) is 0 Å². The number of hydrogen-bond donors (Lipinski definition) is 2. The predicted molar refractivity (Wildman–Crippen MR) is 74.0 cm³/mol. The van der Waals surface area contributed by atoms with Gasteiger partial charge in [-0.3, -0.25) is 0 Å². The van der Waals surface area contributed by atoms with Crippen LogP contribution in [0.5, 0.6) is 0 Å². The third-order valence-corrected chi connectivity index (χ3v) is 4.03. The minimum atomic E-state index is -0.952. The Morgan fingerprint density at radius 1 is 1.42 bits per heavy atom. The molecule has 0 aromatic rings. The molecule has 0 spiro atoms. The molecule has 2 amide bonds. The van der Waals surface area contributed by atoms with Gasteiger partial charge in [0, 0.05) is 13.1 Å². The summed E-state index contributed by atoms with van der Waals surface area (Å²) >= 11 is 0. The molecule has 5 nitrogen and oxygen atoms in total. The van der Waals surface area contributed by atoms with Gasteiger partial charge in [-0.05, 0) is 24.7 Å². The molecule has 110 valence electrons. The van der Waals surface area contributed by atoms with Gasteiger partial charge in [-0.25, -0.2) is 9.59 Å². The number of nitrogens with zero attached hydrogens (tertiary/aromatic N) is 1. The van der Waals surface area contributed by atoms with E-state index >= 15 is 0 Å². The predicted octanol–water partition coefficient (Wildman–Crippen LogP) is 2.32. The summed E-state index contributed by atoms with van der Waals surface area (Å²) in [7, 11) is 0. The molecule has 3 atom stereocenters. The van der Waals surface area contributed by atoms with E-state index < -0.39 is 12.0 Å². The molecule has 0 aliphatic carbocycles. The van der Waals surface area contributed by atoms with Gasteiger partial charge in [0.05, 0.1) is 0 Å². The van der Waals surface area contributed by atoms with E-state index in [-0.39, 0.29) is 11.9 Å². The molecule has 1 aliphatic rings. The monoisotopic (exact) mass is 270 g/mol. The van der Waals surface area contributed by atoms with Crippen molar-refractivity contribution < 1.29 is 14.7 Å². The lowest BCUT2D eigenvalue weighted by Crippen LogP contribution is -2.50. The van der Waals surface area contributed by atoms with E-state index in [2.05, 4.69) is 12.2 Å². The first-order chi connectivity index (χ1) is 8.99. The zero-order chi connectivity index (χ0) is 14.4. The van der Waals surface area contributed by atoms with Crippen molar-refractivity contribution in [1.29, 1.82) is 0 Å². The van der Waals surface area contributed by atoms with Crippen LogP contribution in [0.3, 0.4) is 0 Å². The number of carbonyl (C=O) groups is 2. The Hall–Kier alpha value is -1.26. The molecule has 1 saturated heterocycles. The van der Waals surface area contributed by atoms with Crippen molar-refractivity contribution in [2.24, 2.45) is 11.8 Å². The number of likely N-dealkylation sites (tertiary alicyclic amines) is 1. The molecule has 0 radical (unpaired) electrons. The Morgan fingerprint density at radius 3 is 2.63 bits per heavy atom. The zero-order valence-electron chi connectivity index (χ0n) is 12.2. The SMILES string of the molecule is CCCC1CCN(C(=O)N[C@H](C(=O)O)C(C)CC)C1. The molecular formula is C14H26N2O3. The topological polar surface area (TPSA) is 69.6 Å². The van der Waals surface area contributed by atoms with Crippen molar-refractivity contribution in [2.45, 2.75) is 52.5 Å². The van der Waals surface area contributed by atoms with Crippen LogP contribution in [-0.2, 0) is 4.79 Å². The third kappa shape index (κ3) is 4.40. The summed E-state index contributed by atoms with van der Waals surface area (Å²) in [4.78, 5) is 25.0. The van der Waals surface area contributed by atoms with Crippen LogP contribution in [0.2, 0.25) is 0 Å². The van der Waals surface area contributed by atoms with E-state index in [1.54, 1.807) is 4.90 Å². The largest absolute Gasteiger partial charge is 0.480 e. The molecule has 1 heterocycles. The summed E-state index contributed by atoms with van der Waals surface area (Å²) in [5.74, 6) is -0.440. The van der Waals surface area contributed by atoms with Crippen molar-refractivity contribution in [2.75, 3.05) is 13.1 Å². The van der Waals surface area contributed by atoms with E-state index in [1.807, 2.05) is 13.8 Å². The number of nitrogens with one attached hydrogen (secondary N) is 1. The van der Waals surface area contributed by atoms with Crippen LogP contribution in [0.15, 0.2) is 0 Å². The lowest BCUT2D eigenvalue weighted by atomic mass is 9.99. The van der Waals surface area contributed by atoms with Gasteiger partial charge in [0.2, 0.25) is 0 Å². The van der Waals surface area contributed by atoms with Crippen molar-refractivity contribution in [3.8, 4) is 0 Å². The van der Waals surface area contributed by atoms with Crippen LogP contribution < -0.4 is 5.32 Å². The first kappa shape index (κ1) is 15.8. The average molecular weight is 270 g/mol. The summed E-state index contributed by atoms with van der Waals surface area (Å²) in [6.07, 6.45) is 4.03. The number of carboxylic acids is 1. The number of amides is 2. The van der Waals surface area contributed by atoms with Gasteiger partial charge in [-0.15, -0.1) is 0 Å². The number of aliphatic carboxylic acids is 1. The van der Waals surface area contributed by atoms with Gasteiger partial charge in [0.25, 0.3) is 0 Å². The van der Waals surface area contributed by atoms with E-state index in [9.17, 15) is 9.59 Å². The smallest absolute Gasteiger partial charge is 0.326 e. The van der Waals surface area contributed by atoms with Crippen LogP contribution in [0, 0.1) is 11.8 Å². The number of hydrogen-bond acceptors (Lipinski definition) is 2. The normalized spacial score (nSPS) is 22.1. The van der Waals surface area contributed by atoms with Crippen molar-refractivity contribution >= 4 is 12.0 Å². The molecule has 2 N–H and O–H groups in total. The standard InChI is InChI=1S/C14H26N2O3/c1-4-6-11-7-8-16(9-11)14(19)15-12(13(17)18)10(3)5-2/h10-12H,4-9H2,1-3H3,(H,15,19)(H,17,18)/t10?,11?,12-/m0/s1. The lowest BCUT2D eigenvalue weighted by Gasteiger charge is -2.24. The molecule has 5 heteroatoms. The Kier molecular flexibility index (Phi) is 6.12. The average Bonchev–Trinajstić information content (AvgIpc) is 2.83. The first-order valence-corrected chi connectivity index (χ1v) is 7.27. The summed E-state index contributed by atoms with van der Waals surface area (Å²) < 4.78 is 0. The lowest BCUT2D eigenvalue weighted by molar-refractivity contribution is -0.140. The van der Waals surface area contributed by atoms with E-state index in [4.69, 9.17) is 5.11 Å². The molecule has 1 aliphatic heterocycles. The maximum Gasteiger partial charge on any atom is 0.326 e. The Balaban J connectivity index is 2.51. The maximum absolute atomic E-state index is 12.1. The van der Waals surface area contributed by atoms with Crippen molar-refractivity contribution in [3.05, 3.63) is 0 Å². The van der Waals surface area contributed by atoms with Crippen LogP contribution in [0.25, 0.3) is 0 Å². The fourth-order valence-corrected chi connectivity index (χ4v) is 2.57. The first-order valence-electron chi connectivity index (χ1n) is 7.27. The number of rotatable bonds is 6.